The summed E-state index contributed by atoms with van der Waals surface area (Å²) in [6.45, 7) is 5.18. The van der Waals surface area contributed by atoms with Crippen molar-refractivity contribution < 1.29 is 14.6 Å². The lowest BCUT2D eigenvalue weighted by Crippen LogP contribution is -2.24. The summed E-state index contributed by atoms with van der Waals surface area (Å²) in [6.07, 6.45) is 1.47. The standard InChI is InChI=1S/C15H24BrNO3/c1-3-4-7-19-9-13(18)10-20-15-6-5-12(16)8-14(15)11(2)17/h5-6,8,11,13,18H,3-4,7,9-10,17H2,1-2H3. The van der Waals surface area contributed by atoms with E-state index in [0.717, 1.165) is 22.9 Å². The first-order valence-electron chi connectivity index (χ1n) is 6.98. The quantitative estimate of drug-likeness (QED) is 0.675. The van der Waals surface area contributed by atoms with Crippen molar-refractivity contribution in [2.45, 2.75) is 38.8 Å². The fourth-order valence-corrected chi connectivity index (χ4v) is 2.09. The normalized spacial score (nSPS) is 14.1. The highest BCUT2D eigenvalue weighted by molar-refractivity contribution is 9.10. The molecule has 0 saturated carbocycles. The fourth-order valence-electron chi connectivity index (χ4n) is 1.71. The minimum Gasteiger partial charge on any atom is -0.490 e. The third-order valence-corrected chi connectivity index (χ3v) is 3.34. The molecule has 0 saturated heterocycles. The van der Waals surface area contributed by atoms with Gasteiger partial charge in [-0.1, -0.05) is 29.3 Å². The van der Waals surface area contributed by atoms with Gasteiger partial charge in [0.1, 0.15) is 18.5 Å². The van der Waals surface area contributed by atoms with Crippen molar-refractivity contribution in [1.82, 2.24) is 0 Å². The lowest BCUT2D eigenvalue weighted by atomic mass is 10.1. The van der Waals surface area contributed by atoms with Gasteiger partial charge >= 0.3 is 0 Å². The Balaban J connectivity index is 2.44. The van der Waals surface area contributed by atoms with Gasteiger partial charge in [0.05, 0.1) is 6.61 Å². The third-order valence-electron chi connectivity index (χ3n) is 2.85. The van der Waals surface area contributed by atoms with E-state index in [1.54, 1.807) is 0 Å². The number of ether oxygens (including phenoxy) is 2. The number of nitrogens with two attached hydrogens (primary N) is 1. The maximum Gasteiger partial charge on any atom is 0.124 e. The van der Waals surface area contributed by atoms with E-state index in [4.69, 9.17) is 15.2 Å². The van der Waals surface area contributed by atoms with E-state index in [2.05, 4.69) is 22.9 Å². The third kappa shape index (κ3) is 6.22. The van der Waals surface area contributed by atoms with Crippen LogP contribution in [0.4, 0.5) is 0 Å². The molecule has 0 aliphatic heterocycles. The summed E-state index contributed by atoms with van der Waals surface area (Å²) in [4.78, 5) is 0. The average Bonchev–Trinajstić information content (AvgIpc) is 2.42. The molecule has 0 aromatic heterocycles. The van der Waals surface area contributed by atoms with E-state index < -0.39 is 6.10 Å². The van der Waals surface area contributed by atoms with Crippen LogP contribution in [0.3, 0.4) is 0 Å². The van der Waals surface area contributed by atoms with Crippen molar-refractivity contribution >= 4 is 15.9 Å². The number of halogens is 1. The second-order valence-corrected chi connectivity index (χ2v) is 5.78. The summed E-state index contributed by atoms with van der Waals surface area (Å²) in [5.41, 5.74) is 6.83. The van der Waals surface area contributed by atoms with E-state index in [-0.39, 0.29) is 12.6 Å². The van der Waals surface area contributed by atoms with Gasteiger partial charge in [0.25, 0.3) is 0 Å². The molecule has 0 fully saturated rings. The van der Waals surface area contributed by atoms with E-state index in [0.29, 0.717) is 19.0 Å². The van der Waals surface area contributed by atoms with Crippen molar-refractivity contribution in [3.63, 3.8) is 0 Å². The molecular weight excluding hydrogens is 322 g/mol. The van der Waals surface area contributed by atoms with Crippen LogP contribution in [-0.4, -0.2) is 31.0 Å². The summed E-state index contributed by atoms with van der Waals surface area (Å²) in [6, 6.07) is 5.56. The molecule has 0 aliphatic rings. The van der Waals surface area contributed by atoms with Gasteiger partial charge in [-0.2, -0.15) is 0 Å². The van der Waals surface area contributed by atoms with Crippen molar-refractivity contribution in [1.29, 1.82) is 0 Å². The number of benzene rings is 1. The smallest absolute Gasteiger partial charge is 0.124 e. The van der Waals surface area contributed by atoms with E-state index in [9.17, 15) is 5.11 Å². The summed E-state index contributed by atoms with van der Waals surface area (Å²) in [5.74, 6) is 0.704. The van der Waals surface area contributed by atoms with E-state index in [1.807, 2.05) is 25.1 Å². The lowest BCUT2D eigenvalue weighted by molar-refractivity contribution is 0.0111. The summed E-state index contributed by atoms with van der Waals surface area (Å²) >= 11 is 3.41. The Morgan fingerprint density at radius 2 is 2.10 bits per heavy atom. The number of aliphatic hydroxyl groups excluding tert-OH is 1. The highest BCUT2D eigenvalue weighted by Crippen LogP contribution is 2.27. The Hall–Kier alpha value is -0.620. The minimum atomic E-state index is -0.628. The molecule has 0 aliphatic carbocycles. The van der Waals surface area contributed by atoms with Crippen molar-refractivity contribution in [3.05, 3.63) is 28.2 Å². The van der Waals surface area contributed by atoms with Gasteiger partial charge in [0.15, 0.2) is 0 Å². The van der Waals surface area contributed by atoms with Gasteiger partial charge in [-0.25, -0.2) is 0 Å². The maximum atomic E-state index is 9.80. The fraction of sp³-hybridized carbons (Fsp3) is 0.600. The topological polar surface area (TPSA) is 64.7 Å². The molecule has 0 heterocycles. The molecule has 1 rings (SSSR count). The minimum absolute atomic E-state index is 0.125. The van der Waals surface area contributed by atoms with Gasteiger partial charge in [-0.05, 0) is 31.5 Å². The van der Waals surface area contributed by atoms with Crippen LogP contribution in [0, 0.1) is 0 Å². The monoisotopic (exact) mass is 345 g/mol. The van der Waals surface area contributed by atoms with Crippen LogP contribution in [-0.2, 0) is 4.74 Å². The Labute approximate surface area is 129 Å². The Morgan fingerprint density at radius 1 is 1.35 bits per heavy atom. The molecule has 2 unspecified atom stereocenters. The number of hydrogen-bond donors (Lipinski definition) is 2. The predicted octanol–water partition coefficient (Wildman–Crippen LogP) is 3.03. The van der Waals surface area contributed by atoms with Gasteiger partial charge in [0.2, 0.25) is 0 Å². The molecule has 4 nitrogen and oxygen atoms in total. The zero-order valence-electron chi connectivity index (χ0n) is 12.1. The number of unbranched alkanes of at least 4 members (excludes halogenated alkanes) is 1. The molecule has 0 amide bonds. The molecule has 0 spiro atoms. The molecule has 2 atom stereocenters. The van der Waals surface area contributed by atoms with Gasteiger partial charge in [-0.15, -0.1) is 0 Å². The second kappa shape index (κ2) is 9.34. The molecule has 3 N–H and O–H groups in total. The number of hydrogen-bond acceptors (Lipinski definition) is 4. The molecule has 0 radical (unpaired) electrons. The summed E-state index contributed by atoms with van der Waals surface area (Å²) in [5, 5.41) is 9.80. The van der Waals surface area contributed by atoms with Crippen molar-refractivity contribution in [2.24, 2.45) is 5.73 Å². The van der Waals surface area contributed by atoms with Crippen LogP contribution < -0.4 is 10.5 Å². The molecule has 0 bridgehead atoms. The molecule has 1 aromatic rings. The van der Waals surface area contributed by atoms with Crippen LogP contribution in [0.5, 0.6) is 5.75 Å². The first kappa shape index (κ1) is 17.4. The molecule has 1 aromatic carbocycles. The van der Waals surface area contributed by atoms with Crippen LogP contribution in [0.15, 0.2) is 22.7 Å². The molecule has 114 valence electrons. The van der Waals surface area contributed by atoms with Crippen molar-refractivity contribution in [2.75, 3.05) is 19.8 Å². The van der Waals surface area contributed by atoms with Gasteiger partial charge in [-0.3, -0.25) is 0 Å². The predicted molar refractivity (Wildman–Crippen MR) is 84.0 cm³/mol. The Bertz CT molecular complexity index is 399. The summed E-state index contributed by atoms with van der Waals surface area (Å²) in [7, 11) is 0. The zero-order valence-corrected chi connectivity index (χ0v) is 13.7. The number of rotatable bonds is 9. The number of aliphatic hydroxyl groups is 1. The Kier molecular flexibility index (Phi) is 8.14. The lowest BCUT2D eigenvalue weighted by Gasteiger charge is -2.17. The SMILES string of the molecule is CCCCOCC(O)COc1ccc(Br)cc1C(C)N. The average molecular weight is 346 g/mol. The summed E-state index contributed by atoms with van der Waals surface area (Å²) < 4.78 is 12.0. The highest BCUT2D eigenvalue weighted by atomic mass is 79.9. The molecular formula is C15H24BrNO3. The highest BCUT2D eigenvalue weighted by Gasteiger charge is 2.11. The Morgan fingerprint density at radius 3 is 2.75 bits per heavy atom. The zero-order chi connectivity index (χ0) is 15.0. The molecule has 20 heavy (non-hydrogen) atoms. The first-order chi connectivity index (χ1) is 9.54. The van der Waals surface area contributed by atoms with Crippen LogP contribution in [0.25, 0.3) is 0 Å². The van der Waals surface area contributed by atoms with E-state index in [1.165, 1.54) is 0 Å². The van der Waals surface area contributed by atoms with Crippen LogP contribution >= 0.6 is 15.9 Å². The van der Waals surface area contributed by atoms with Gasteiger partial charge < -0.3 is 20.3 Å². The largest absolute Gasteiger partial charge is 0.490 e. The van der Waals surface area contributed by atoms with E-state index >= 15 is 0 Å². The van der Waals surface area contributed by atoms with Crippen LogP contribution in [0.2, 0.25) is 0 Å². The second-order valence-electron chi connectivity index (χ2n) is 4.86. The maximum absolute atomic E-state index is 9.80. The first-order valence-corrected chi connectivity index (χ1v) is 7.77. The van der Waals surface area contributed by atoms with Crippen LogP contribution in [0.1, 0.15) is 38.3 Å². The molecule has 5 heteroatoms. The van der Waals surface area contributed by atoms with Gasteiger partial charge in [0, 0.05) is 22.7 Å². The van der Waals surface area contributed by atoms with Crippen molar-refractivity contribution in [3.8, 4) is 5.75 Å².